The fourth-order valence-corrected chi connectivity index (χ4v) is 1.52. The van der Waals surface area contributed by atoms with Crippen LogP contribution in [0.5, 0.6) is 0 Å². The van der Waals surface area contributed by atoms with Gasteiger partial charge >= 0.3 is 0 Å². The Labute approximate surface area is 103 Å². The molecule has 0 saturated carbocycles. The van der Waals surface area contributed by atoms with Crippen LogP contribution in [-0.4, -0.2) is 26.3 Å². The number of halogens is 2. The second-order valence-electron chi connectivity index (χ2n) is 3.52. The van der Waals surface area contributed by atoms with Crippen molar-refractivity contribution in [2.24, 2.45) is 7.05 Å². The van der Waals surface area contributed by atoms with Gasteiger partial charge in [0.25, 0.3) is 0 Å². The van der Waals surface area contributed by atoms with Crippen molar-refractivity contribution in [2.45, 2.75) is 6.42 Å². The van der Waals surface area contributed by atoms with Crippen molar-refractivity contribution < 1.29 is 4.39 Å². The van der Waals surface area contributed by atoms with Crippen molar-refractivity contribution in [3.05, 3.63) is 35.3 Å². The standard InChI is InChI=1S/C10H11ClFN5/c1-17-6-15-16-9(17)2-3-13-10-8(12)4-7(11)5-14-10/h4-6H,2-3H2,1H3,(H,13,14). The highest BCUT2D eigenvalue weighted by Crippen LogP contribution is 2.15. The molecule has 2 aromatic rings. The minimum atomic E-state index is -0.463. The van der Waals surface area contributed by atoms with Crippen LogP contribution < -0.4 is 5.32 Å². The van der Waals surface area contributed by atoms with Gasteiger partial charge in [-0.05, 0) is 6.07 Å². The van der Waals surface area contributed by atoms with Gasteiger partial charge in [0, 0.05) is 26.2 Å². The molecule has 17 heavy (non-hydrogen) atoms. The summed E-state index contributed by atoms with van der Waals surface area (Å²) in [7, 11) is 1.86. The van der Waals surface area contributed by atoms with Crippen LogP contribution in [0, 0.1) is 5.82 Å². The molecule has 0 fully saturated rings. The lowest BCUT2D eigenvalue weighted by molar-refractivity contribution is 0.624. The Morgan fingerprint density at radius 3 is 3.00 bits per heavy atom. The number of pyridine rings is 1. The summed E-state index contributed by atoms with van der Waals surface area (Å²) in [6, 6.07) is 1.22. The molecule has 0 saturated heterocycles. The minimum Gasteiger partial charge on any atom is -0.367 e. The number of nitrogens with one attached hydrogen (secondary N) is 1. The summed E-state index contributed by atoms with van der Waals surface area (Å²) in [6.45, 7) is 0.526. The van der Waals surface area contributed by atoms with E-state index in [9.17, 15) is 4.39 Å². The van der Waals surface area contributed by atoms with E-state index in [-0.39, 0.29) is 10.8 Å². The summed E-state index contributed by atoms with van der Waals surface area (Å²) >= 11 is 5.60. The molecule has 90 valence electrons. The van der Waals surface area contributed by atoms with E-state index in [1.807, 2.05) is 11.6 Å². The minimum absolute atomic E-state index is 0.191. The van der Waals surface area contributed by atoms with Crippen molar-refractivity contribution in [3.8, 4) is 0 Å². The zero-order valence-electron chi connectivity index (χ0n) is 9.19. The second-order valence-corrected chi connectivity index (χ2v) is 3.96. The number of nitrogens with zero attached hydrogens (tertiary/aromatic N) is 4. The lowest BCUT2D eigenvalue weighted by atomic mass is 10.4. The highest BCUT2D eigenvalue weighted by atomic mass is 35.5. The summed E-state index contributed by atoms with van der Waals surface area (Å²) < 4.78 is 15.2. The first-order valence-electron chi connectivity index (χ1n) is 5.04. The molecule has 0 bridgehead atoms. The van der Waals surface area contributed by atoms with Crippen LogP contribution >= 0.6 is 11.6 Å². The van der Waals surface area contributed by atoms with Gasteiger partial charge in [-0.15, -0.1) is 10.2 Å². The van der Waals surface area contributed by atoms with Gasteiger partial charge < -0.3 is 9.88 Å². The van der Waals surface area contributed by atoms with E-state index < -0.39 is 5.82 Å². The molecule has 0 atom stereocenters. The van der Waals surface area contributed by atoms with E-state index in [0.717, 1.165) is 5.82 Å². The Hall–Kier alpha value is -1.69. The molecular weight excluding hydrogens is 245 g/mol. The molecule has 0 aliphatic heterocycles. The lowest BCUT2D eigenvalue weighted by Gasteiger charge is -2.06. The van der Waals surface area contributed by atoms with E-state index in [2.05, 4.69) is 20.5 Å². The molecule has 0 aromatic carbocycles. The van der Waals surface area contributed by atoms with E-state index in [1.54, 1.807) is 6.33 Å². The van der Waals surface area contributed by atoms with Gasteiger partial charge in [0.1, 0.15) is 12.2 Å². The monoisotopic (exact) mass is 255 g/mol. The highest BCUT2D eigenvalue weighted by Gasteiger charge is 2.05. The molecule has 5 nitrogen and oxygen atoms in total. The molecule has 1 N–H and O–H groups in total. The zero-order valence-corrected chi connectivity index (χ0v) is 9.95. The first kappa shape index (κ1) is 11.8. The van der Waals surface area contributed by atoms with Gasteiger partial charge in [-0.25, -0.2) is 9.37 Å². The third-order valence-corrected chi connectivity index (χ3v) is 2.46. The van der Waals surface area contributed by atoms with Gasteiger partial charge in [0.2, 0.25) is 0 Å². The summed E-state index contributed by atoms with van der Waals surface area (Å²) in [5.41, 5.74) is 0. The summed E-state index contributed by atoms with van der Waals surface area (Å²) in [5.74, 6) is 0.555. The summed E-state index contributed by atoms with van der Waals surface area (Å²) in [5, 5.41) is 10.8. The van der Waals surface area contributed by atoms with Crippen LogP contribution in [0.15, 0.2) is 18.6 Å². The van der Waals surface area contributed by atoms with Gasteiger partial charge in [0.15, 0.2) is 11.6 Å². The fraction of sp³-hybridized carbons (Fsp3) is 0.300. The SMILES string of the molecule is Cn1cnnc1CCNc1ncc(Cl)cc1F. The molecule has 2 aromatic heterocycles. The summed E-state index contributed by atoms with van der Waals surface area (Å²) in [6.07, 6.45) is 3.66. The van der Waals surface area contributed by atoms with Crippen LogP contribution in [0.2, 0.25) is 5.02 Å². The molecule has 2 heterocycles. The zero-order chi connectivity index (χ0) is 12.3. The van der Waals surface area contributed by atoms with Crippen molar-refractivity contribution in [3.63, 3.8) is 0 Å². The number of anilines is 1. The Morgan fingerprint density at radius 1 is 1.53 bits per heavy atom. The number of rotatable bonds is 4. The second kappa shape index (κ2) is 5.09. The van der Waals surface area contributed by atoms with Gasteiger partial charge in [0.05, 0.1) is 5.02 Å². The Balaban J connectivity index is 1.92. The average Bonchev–Trinajstić information content (AvgIpc) is 2.68. The molecule has 7 heteroatoms. The van der Waals surface area contributed by atoms with E-state index >= 15 is 0 Å². The maximum atomic E-state index is 13.4. The Morgan fingerprint density at radius 2 is 2.35 bits per heavy atom. The third-order valence-electron chi connectivity index (χ3n) is 2.25. The van der Waals surface area contributed by atoms with Crippen molar-refractivity contribution in [2.75, 3.05) is 11.9 Å². The number of aryl methyl sites for hydroxylation is 1. The van der Waals surface area contributed by atoms with Gasteiger partial charge in [-0.3, -0.25) is 0 Å². The highest BCUT2D eigenvalue weighted by molar-refractivity contribution is 6.30. The smallest absolute Gasteiger partial charge is 0.166 e. The lowest BCUT2D eigenvalue weighted by Crippen LogP contribution is -2.10. The van der Waals surface area contributed by atoms with Crippen LogP contribution in [0.4, 0.5) is 10.2 Å². The largest absolute Gasteiger partial charge is 0.367 e. The molecule has 0 spiro atoms. The normalized spacial score (nSPS) is 10.5. The maximum absolute atomic E-state index is 13.4. The van der Waals surface area contributed by atoms with Gasteiger partial charge in [-0.1, -0.05) is 11.6 Å². The number of hydrogen-bond donors (Lipinski definition) is 1. The van der Waals surface area contributed by atoms with Crippen molar-refractivity contribution >= 4 is 17.4 Å². The molecule has 0 aliphatic rings. The van der Waals surface area contributed by atoms with E-state index in [1.165, 1.54) is 12.3 Å². The van der Waals surface area contributed by atoms with Gasteiger partial charge in [-0.2, -0.15) is 0 Å². The van der Waals surface area contributed by atoms with E-state index in [4.69, 9.17) is 11.6 Å². The molecule has 2 rings (SSSR count). The average molecular weight is 256 g/mol. The molecular formula is C10H11ClFN5. The molecule has 0 aliphatic carbocycles. The quantitative estimate of drug-likeness (QED) is 0.903. The predicted molar refractivity (Wildman–Crippen MR) is 62.4 cm³/mol. The van der Waals surface area contributed by atoms with Crippen LogP contribution in [0.25, 0.3) is 0 Å². The number of hydrogen-bond acceptors (Lipinski definition) is 4. The Kier molecular flexibility index (Phi) is 3.53. The predicted octanol–water partition coefficient (Wildman–Crippen LogP) is 1.66. The van der Waals surface area contributed by atoms with E-state index in [0.29, 0.717) is 13.0 Å². The Bertz CT molecular complexity index is 513. The van der Waals surface area contributed by atoms with Crippen LogP contribution in [0.1, 0.15) is 5.82 Å². The molecule has 0 amide bonds. The molecule has 0 radical (unpaired) electrons. The summed E-state index contributed by atoms with van der Waals surface area (Å²) in [4.78, 5) is 3.86. The first-order valence-corrected chi connectivity index (χ1v) is 5.42. The fourth-order valence-electron chi connectivity index (χ4n) is 1.37. The van der Waals surface area contributed by atoms with Crippen molar-refractivity contribution in [1.29, 1.82) is 0 Å². The third kappa shape index (κ3) is 2.91. The number of aromatic nitrogens is 4. The first-order chi connectivity index (χ1) is 8.16. The van der Waals surface area contributed by atoms with Crippen molar-refractivity contribution in [1.82, 2.24) is 19.7 Å². The maximum Gasteiger partial charge on any atom is 0.166 e. The van der Waals surface area contributed by atoms with Crippen LogP contribution in [0.3, 0.4) is 0 Å². The topological polar surface area (TPSA) is 55.6 Å². The van der Waals surface area contributed by atoms with Crippen LogP contribution in [-0.2, 0) is 13.5 Å². The molecule has 0 unspecified atom stereocenters.